The van der Waals surface area contributed by atoms with E-state index in [9.17, 15) is 24.4 Å². The van der Waals surface area contributed by atoms with Crippen molar-refractivity contribution in [2.75, 3.05) is 4.90 Å². The number of amides is 4. The van der Waals surface area contributed by atoms with Crippen molar-refractivity contribution in [1.29, 1.82) is 5.26 Å². The lowest BCUT2D eigenvalue weighted by atomic mass is 9.91. The molecule has 55 heavy (non-hydrogen) atoms. The highest BCUT2D eigenvalue weighted by Crippen LogP contribution is 2.47. The van der Waals surface area contributed by atoms with Gasteiger partial charge in [-0.15, -0.1) is 0 Å². The van der Waals surface area contributed by atoms with Gasteiger partial charge in [0.05, 0.1) is 47.0 Å². The zero-order valence-electron chi connectivity index (χ0n) is 29.5. The molecule has 0 spiro atoms. The quantitative estimate of drug-likeness (QED) is 0.158. The van der Waals surface area contributed by atoms with Gasteiger partial charge in [0.2, 0.25) is 11.9 Å². The Morgan fingerprint density at radius 1 is 0.891 bits per heavy atom. The van der Waals surface area contributed by atoms with Gasteiger partial charge in [-0.1, -0.05) is 47.5 Å². The Balaban J connectivity index is 1.03. The lowest BCUT2D eigenvalue weighted by Crippen LogP contribution is -2.52. The summed E-state index contributed by atoms with van der Waals surface area (Å²) in [4.78, 5) is 70.4. The van der Waals surface area contributed by atoms with E-state index in [-0.39, 0.29) is 48.0 Å². The van der Waals surface area contributed by atoms with E-state index in [1.54, 1.807) is 84.4 Å². The zero-order valence-corrected chi connectivity index (χ0v) is 31.0. The second-order valence-corrected chi connectivity index (χ2v) is 15.2. The van der Waals surface area contributed by atoms with Crippen LogP contribution in [-0.4, -0.2) is 48.7 Å². The lowest BCUT2D eigenvalue weighted by molar-refractivity contribution is -0.125. The number of hydrogen-bond acceptors (Lipinski definition) is 8. The van der Waals surface area contributed by atoms with Crippen LogP contribution < -0.4 is 20.9 Å². The van der Waals surface area contributed by atoms with Gasteiger partial charge in [0.1, 0.15) is 22.5 Å². The van der Waals surface area contributed by atoms with Crippen molar-refractivity contribution in [3.8, 4) is 6.07 Å². The predicted octanol–water partition coefficient (Wildman–Crippen LogP) is 5.49. The topological polar surface area (TPSA) is 175 Å². The van der Waals surface area contributed by atoms with E-state index in [2.05, 4.69) is 37.0 Å². The molecule has 4 heterocycles. The van der Waals surface area contributed by atoms with Gasteiger partial charge in [-0.3, -0.25) is 28.7 Å². The molecule has 3 N–H and O–H groups in total. The van der Waals surface area contributed by atoms with Crippen molar-refractivity contribution in [3.05, 3.63) is 135 Å². The number of nitriles is 1. The molecule has 13 nitrogen and oxygen atoms in total. The molecule has 1 atom stereocenters. The molecule has 0 bridgehead atoms. The van der Waals surface area contributed by atoms with Gasteiger partial charge in [0.25, 0.3) is 17.7 Å². The van der Waals surface area contributed by atoms with Crippen LogP contribution in [0.2, 0.25) is 10.0 Å². The monoisotopic (exact) mass is 773 g/mol. The molecule has 15 heteroatoms. The molecule has 8 rings (SSSR count). The molecule has 2 fully saturated rings. The Labute approximate surface area is 325 Å². The first kappa shape index (κ1) is 35.9. The van der Waals surface area contributed by atoms with Gasteiger partial charge in [-0.25, -0.2) is 14.9 Å². The summed E-state index contributed by atoms with van der Waals surface area (Å²) in [6.45, 7) is 1.96. The number of carbonyl (C=O) groups is 4. The summed E-state index contributed by atoms with van der Waals surface area (Å²) in [6, 6.07) is 24.3. The second-order valence-electron chi connectivity index (χ2n) is 14.3. The minimum Gasteiger partial charge on any atom is -0.345 e. The van der Waals surface area contributed by atoms with E-state index in [0.29, 0.717) is 58.4 Å². The molecular weight excluding hydrogens is 741 g/mol. The number of anilines is 2. The van der Waals surface area contributed by atoms with Crippen LogP contribution in [0, 0.1) is 11.3 Å². The van der Waals surface area contributed by atoms with Crippen LogP contribution >= 0.6 is 23.2 Å². The molecule has 0 saturated heterocycles. The number of fused-ring (bicyclic) bond motifs is 1. The summed E-state index contributed by atoms with van der Waals surface area (Å²) in [5.41, 5.74) is -0.160. The number of nitrogens with zero attached hydrogens (tertiary/aromatic N) is 6. The van der Waals surface area contributed by atoms with Gasteiger partial charge >= 0.3 is 0 Å². The molecule has 0 unspecified atom stereocenters. The number of nitrogens with one attached hydrogen (secondary N) is 3. The highest BCUT2D eigenvalue weighted by atomic mass is 35.5. The molecule has 2 saturated carbocycles. The Bertz CT molecular complexity index is 2400. The molecule has 1 aliphatic heterocycles. The second kappa shape index (κ2) is 13.6. The molecule has 4 amide bonds. The number of aromatic nitrogens is 4. The smallest absolute Gasteiger partial charge is 0.270 e. The standard InChI is InChI=1S/C40H33Cl2N9O4/c1-38(20-24-8-10-25(21-43)11-9-24)36(55)50(29-18-26(41)17-27(42)19-29)37-46-23-31(51(37)38)34(53)48-40(14-15-40)35(54)49-39(12-13-39)32-7-4-6-30(47-32)33(52)45-22-28-5-2-3-16-44-28/h2-11,16-19,23H,12-15,20,22H2,1H3,(H,45,52)(H,48,53)(H,49,54)/t38-/m1/s1. The van der Waals surface area contributed by atoms with Crippen molar-refractivity contribution in [3.63, 3.8) is 0 Å². The maximum Gasteiger partial charge on any atom is 0.270 e. The van der Waals surface area contributed by atoms with Crippen LogP contribution in [0.15, 0.2) is 91.3 Å². The van der Waals surface area contributed by atoms with Gasteiger partial charge in [0.15, 0.2) is 0 Å². The average Bonchev–Trinajstić information content (AvgIpc) is 4.09. The maximum absolute atomic E-state index is 14.4. The van der Waals surface area contributed by atoms with Crippen LogP contribution in [-0.2, 0) is 33.6 Å². The number of pyridine rings is 2. The normalized spacial score (nSPS) is 18.5. The summed E-state index contributed by atoms with van der Waals surface area (Å²) in [5, 5.41) is 18.9. The first-order valence-electron chi connectivity index (χ1n) is 17.6. The molecule has 5 aromatic rings. The van der Waals surface area contributed by atoms with Crippen molar-refractivity contribution in [2.24, 2.45) is 0 Å². The number of carbonyl (C=O) groups excluding carboxylic acids is 4. The van der Waals surface area contributed by atoms with Crippen molar-refractivity contribution in [1.82, 2.24) is 35.5 Å². The number of imidazole rings is 1. The summed E-state index contributed by atoms with van der Waals surface area (Å²) in [5.74, 6) is -1.49. The van der Waals surface area contributed by atoms with E-state index in [1.165, 1.54) is 11.1 Å². The molecule has 2 aliphatic carbocycles. The Hall–Kier alpha value is -6.10. The molecule has 3 aliphatic rings. The van der Waals surface area contributed by atoms with E-state index in [4.69, 9.17) is 23.2 Å². The molecule has 3 aromatic heterocycles. The van der Waals surface area contributed by atoms with Crippen LogP contribution in [0.4, 0.5) is 11.6 Å². The van der Waals surface area contributed by atoms with Crippen LogP contribution in [0.25, 0.3) is 0 Å². The number of benzene rings is 2. The zero-order chi connectivity index (χ0) is 38.5. The van der Waals surface area contributed by atoms with Crippen molar-refractivity contribution in [2.45, 2.75) is 62.2 Å². The minimum atomic E-state index is -1.35. The highest BCUT2D eigenvalue weighted by molar-refractivity contribution is 6.35. The first-order valence-corrected chi connectivity index (χ1v) is 18.4. The predicted molar refractivity (Wildman–Crippen MR) is 202 cm³/mol. The number of rotatable bonds is 11. The first-order chi connectivity index (χ1) is 26.4. The molecule has 0 radical (unpaired) electrons. The van der Waals surface area contributed by atoms with E-state index >= 15 is 0 Å². The molecule has 276 valence electrons. The van der Waals surface area contributed by atoms with Gasteiger partial charge < -0.3 is 16.0 Å². The largest absolute Gasteiger partial charge is 0.345 e. The van der Waals surface area contributed by atoms with E-state index in [0.717, 1.165) is 5.56 Å². The Morgan fingerprint density at radius 2 is 1.64 bits per heavy atom. The summed E-state index contributed by atoms with van der Waals surface area (Å²) in [6.07, 6.45) is 5.24. The number of halogens is 2. The third-order valence-electron chi connectivity index (χ3n) is 10.3. The number of hydrogen-bond donors (Lipinski definition) is 3. The van der Waals surface area contributed by atoms with Gasteiger partial charge in [-0.2, -0.15) is 5.26 Å². The SMILES string of the molecule is C[C@@]1(Cc2ccc(C#N)cc2)C(=O)N(c2cc(Cl)cc(Cl)c2)c2ncc(C(=O)NC3(C(=O)NC4(c5cccc(C(=O)NCc6ccccn6)n5)CC4)CC3)n21. The summed E-state index contributed by atoms with van der Waals surface area (Å²) >= 11 is 12.7. The minimum absolute atomic E-state index is 0.0846. The fourth-order valence-electron chi connectivity index (χ4n) is 7.04. The summed E-state index contributed by atoms with van der Waals surface area (Å²) in [7, 11) is 0. The average molecular weight is 775 g/mol. The third-order valence-corrected chi connectivity index (χ3v) is 10.8. The lowest BCUT2D eigenvalue weighted by Gasteiger charge is -2.27. The van der Waals surface area contributed by atoms with Crippen molar-refractivity contribution < 1.29 is 19.2 Å². The summed E-state index contributed by atoms with van der Waals surface area (Å²) < 4.78 is 1.59. The molecular formula is C40H33Cl2N9O4. The third kappa shape index (κ3) is 6.68. The van der Waals surface area contributed by atoms with E-state index < -0.39 is 22.5 Å². The van der Waals surface area contributed by atoms with Crippen LogP contribution in [0.1, 0.15) is 76.1 Å². The van der Waals surface area contributed by atoms with E-state index in [1.807, 2.05) is 12.1 Å². The fourth-order valence-corrected chi connectivity index (χ4v) is 7.55. The Kier molecular flexibility index (Phi) is 8.90. The van der Waals surface area contributed by atoms with Crippen LogP contribution in [0.3, 0.4) is 0 Å². The highest BCUT2D eigenvalue weighted by Gasteiger charge is 2.57. The van der Waals surface area contributed by atoms with Crippen LogP contribution in [0.5, 0.6) is 0 Å². The maximum atomic E-state index is 14.4. The Morgan fingerprint density at radius 3 is 2.29 bits per heavy atom. The van der Waals surface area contributed by atoms with Crippen molar-refractivity contribution >= 4 is 58.5 Å². The van der Waals surface area contributed by atoms with Gasteiger partial charge in [-0.05, 0) is 92.8 Å². The fraction of sp³-hybridized carbons (Fsp3) is 0.250. The van der Waals surface area contributed by atoms with Gasteiger partial charge in [0, 0.05) is 22.7 Å². The molecule has 2 aromatic carbocycles.